The van der Waals surface area contributed by atoms with Gasteiger partial charge in [0.15, 0.2) is 0 Å². The molecule has 0 radical (unpaired) electrons. The van der Waals surface area contributed by atoms with Crippen molar-refractivity contribution in [2.45, 2.75) is 19.3 Å². The van der Waals surface area contributed by atoms with Crippen LogP contribution < -0.4 is 0 Å². The van der Waals surface area contributed by atoms with Crippen molar-refractivity contribution >= 4 is 35.5 Å². The first-order chi connectivity index (χ1) is 3.77. The van der Waals surface area contributed by atoms with Gasteiger partial charge in [-0.1, -0.05) is 0 Å². The Morgan fingerprint density at radius 1 is 1.33 bits per heavy atom. The molecule has 2 N–H and O–H groups in total. The normalized spacial score (nSPS) is 8.11. The standard InChI is InChI=1S/C5H10O3.Na.H/c6-4-2-1-3-5(7)8;;/h6H,1-4H2,(H,7,8);;. The Morgan fingerprint density at radius 3 is 2.22 bits per heavy atom. The minimum absolute atomic E-state index is 0. The first kappa shape index (κ1) is 12.1. The Hall–Kier alpha value is 0.430. The molecule has 0 aliphatic carbocycles. The van der Waals surface area contributed by atoms with Crippen molar-refractivity contribution in [2.75, 3.05) is 6.61 Å². The van der Waals surface area contributed by atoms with E-state index < -0.39 is 5.97 Å². The molecule has 0 aromatic carbocycles. The molecule has 0 fully saturated rings. The van der Waals surface area contributed by atoms with E-state index in [2.05, 4.69) is 0 Å². The van der Waals surface area contributed by atoms with Crippen molar-refractivity contribution in [3.05, 3.63) is 0 Å². The van der Waals surface area contributed by atoms with Crippen LogP contribution in [0.2, 0.25) is 0 Å². The number of carbonyl (C=O) groups is 1. The Labute approximate surface area is 76.4 Å². The average molecular weight is 142 g/mol. The van der Waals surface area contributed by atoms with Gasteiger partial charge in [-0.15, -0.1) is 0 Å². The van der Waals surface area contributed by atoms with Crippen LogP contribution in [-0.4, -0.2) is 52.3 Å². The Morgan fingerprint density at radius 2 is 1.89 bits per heavy atom. The summed E-state index contributed by atoms with van der Waals surface area (Å²) in [5.41, 5.74) is 0. The minimum atomic E-state index is -0.793. The van der Waals surface area contributed by atoms with E-state index in [1.165, 1.54) is 0 Å². The first-order valence-electron chi connectivity index (χ1n) is 2.60. The zero-order valence-electron chi connectivity index (χ0n) is 4.63. The number of rotatable bonds is 4. The fourth-order valence-electron chi connectivity index (χ4n) is 0.388. The molecule has 0 aliphatic heterocycles. The van der Waals surface area contributed by atoms with Gasteiger partial charge < -0.3 is 10.2 Å². The number of aliphatic carboxylic acids is 1. The van der Waals surface area contributed by atoms with Crippen LogP contribution in [0.25, 0.3) is 0 Å². The van der Waals surface area contributed by atoms with E-state index in [-0.39, 0.29) is 42.6 Å². The van der Waals surface area contributed by atoms with Gasteiger partial charge in [0.25, 0.3) is 0 Å². The third kappa shape index (κ3) is 11.8. The quantitative estimate of drug-likeness (QED) is 0.414. The molecule has 0 aliphatic rings. The van der Waals surface area contributed by atoms with Gasteiger partial charge in [0, 0.05) is 13.0 Å². The van der Waals surface area contributed by atoms with Crippen molar-refractivity contribution in [2.24, 2.45) is 0 Å². The predicted molar refractivity (Wildman–Crippen MR) is 35.7 cm³/mol. The predicted octanol–water partition coefficient (Wildman–Crippen LogP) is -0.415. The van der Waals surface area contributed by atoms with Gasteiger partial charge in [-0.05, 0) is 12.8 Å². The van der Waals surface area contributed by atoms with Gasteiger partial charge in [0.2, 0.25) is 0 Å². The second kappa shape index (κ2) is 8.43. The van der Waals surface area contributed by atoms with Crippen LogP contribution in [0.15, 0.2) is 0 Å². The molecule has 0 amide bonds. The molecule has 0 rings (SSSR count). The molecule has 0 bridgehead atoms. The topological polar surface area (TPSA) is 57.5 Å². The van der Waals surface area contributed by atoms with Gasteiger partial charge >= 0.3 is 35.5 Å². The summed E-state index contributed by atoms with van der Waals surface area (Å²) in [5, 5.41) is 16.2. The van der Waals surface area contributed by atoms with Crippen molar-refractivity contribution < 1.29 is 15.0 Å². The molecular formula is C5H11NaO3. The fourth-order valence-corrected chi connectivity index (χ4v) is 0.388. The van der Waals surface area contributed by atoms with E-state index in [9.17, 15) is 4.79 Å². The van der Waals surface area contributed by atoms with E-state index in [1.807, 2.05) is 0 Å². The third-order valence-electron chi connectivity index (χ3n) is 0.799. The summed E-state index contributed by atoms with van der Waals surface area (Å²) in [7, 11) is 0. The molecule has 9 heavy (non-hydrogen) atoms. The van der Waals surface area contributed by atoms with Gasteiger partial charge in [-0.25, -0.2) is 0 Å². The Balaban J connectivity index is 0. The molecule has 0 heterocycles. The summed E-state index contributed by atoms with van der Waals surface area (Å²) in [6.45, 7) is 0.0906. The molecule has 0 aromatic rings. The second-order valence-corrected chi connectivity index (χ2v) is 1.57. The molecular weight excluding hydrogens is 131 g/mol. The summed E-state index contributed by atoms with van der Waals surface area (Å²) in [4.78, 5) is 9.79. The van der Waals surface area contributed by atoms with Crippen LogP contribution in [-0.2, 0) is 4.79 Å². The third-order valence-corrected chi connectivity index (χ3v) is 0.799. The van der Waals surface area contributed by atoms with Gasteiger partial charge in [-0.3, -0.25) is 4.79 Å². The molecule has 4 heteroatoms. The summed E-state index contributed by atoms with van der Waals surface area (Å²) in [6.07, 6.45) is 1.33. The van der Waals surface area contributed by atoms with Crippen molar-refractivity contribution in [3.63, 3.8) is 0 Å². The summed E-state index contributed by atoms with van der Waals surface area (Å²) in [5.74, 6) is -0.793. The maximum atomic E-state index is 9.79. The first-order valence-corrected chi connectivity index (χ1v) is 2.60. The van der Waals surface area contributed by atoms with E-state index >= 15 is 0 Å². The van der Waals surface area contributed by atoms with E-state index in [0.29, 0.717) is 12.8 Å². The molecule has 0 aromatic heterocycles. The van der Waals surface area contributed by atoms with Crippen molar-refractivity contribution in [3.8, 4) is 0 Å². The van der Waals surface area contributed by atoms with Gasteiger partial charge in [-0.2, -0.15) is 0 Å². The van der Waals surface area contributed by atoms with Crippen LogP contribution in [0.5, 0.6) is 0 Å². The van der Waals surface area contributed by atoms with Crippen LogP contribution in [0.1, 0.15) is 19.3 Å². The monoisotopic (exact) mass is 142 g/mol. The molecule has 0 spiro atoms. The number of carboxylic acid groups (broad SMARTS) is 1. The molecule has 50 valence electrons. The summed E-state index contributed by atoms with van der Waals surface area (Å²) >= 11 is 0. The van der Waals surface area contributed by atoms with Crippen LogP contribution in [0.3, 0.4) is 0 Å². The number of aliphatic hydroxyl groups excluding tert-OH is 1. The molecule has 0 saturated heterocycles. The fraction of sp³-hybridized carbons (Fsp3) is 0.800. The van der Waals surface area contributed by atoms with E-state index in [4.69, 9.17) is 10.2 Å². The van der Waals surface area contributed by atoms with Crippen LogP contribution in [0.4, 0.5) is 0 Å². The average Bonchev–Trinajstić information content (AvgIpc) is 1.66. The number of hydrogen-bond acceptors (Lipinski definition) is 2. The number of unbranched alkanes of at least 4 members (excludes halogenated alkanes) is 1. The second-order valence-electron chi connectivity index (χ2n) is 1.57. The van der Waals surface area contributed by atoms with Gasteiger partial charge in [0.05, 0.1) is 0 Å². The van der Waals surface area contributed by atoms with Crippen LogP contribution in [0, 0.1) is 0 Å². The Bertz CT molecular complexity index is 74.6. The van der Waals surface area contributed by atoms with Crippen molar-refractivity contribution in [1.82, 2.24) is 0 Å². The van der Waals surface area contributed by atoms with E-state index in [0.717, 1.165) is 0 Å². The number of carboxylic acids is 1. The maximum absolute atomic E-state index is 9.79. The Kier molecular flexibility index (Phi) is 11.4. The summed E-state index contributed by atoms with van der Waals surface area (Å²) < 4.78 is 0. The molecule has 3 nitrogen and oxygen atoms in total. The van der Waals surface area contributed by atoms with E-state index in [1.54, 1.807) is 0 Å². The van der Waals surface area contributed by atoms with Gasteiger partial charge in [0.1, 0.15) is 0 Å². The number of hydrogen-bond donors (Lipinski definition) is 2. The van der Waals surface area contributed by atoms with Crippen molar-refractivity contribution in [1.29, 1.82) is 0 Å². The van der Waals surface area contributed by atoms with Crippen LogP contribution >= 0.6 is 0 Å². The SMILES string of the molecule is O=C(O)CCCCO.[NaH]. The molecule has 0 atom stereocenters. The number of aliphatic hydroxyl groups is 1. The molecule has 0 unspecified atom stereocenters. The summed E-state index contributed by atoms with van der Waals surface area (Å²) in [6, 6.07) is 0. The zero-order chi connectivity index (χ0) is 6.41. The zero-order valence-corrected chi connectivity index (χ0v) is 4.63. The molecule has 0 saturated carbocycles.